The fourth-order valence-corrected chi connectivity index (χ4v) is 3.41. The number of hydrogen-bond acceptors (Lipinski definition) is 5. The fraction of sp³-hybridized carbons (Fsp3) is 0.261. The van der Waals surface area contributed by atoms with Gasteiger partial charge in [-0.25, -0.2) is 4.98 Å². The van der Waals surface area contributed by atoms with Gasteiger partial charge < -0.3 is 16.0 Å². The zero-order valence-corrected chi connectivity index (χ0v) is 16.9. The van der Waals surface area contributed by atoms with E-state index in [1.165, 1.54) is 0 Å². The number of pyridine rings is 1. The molecule has 148 valence electrons. The first-order valence-electron chi connectivity index (χ1n) is 9.46. The van der Waals surface area contributed by atoms with Crippen LogP contribution in [0.4, 0.5) is 11.5 Å². The highest BCUT2D eigenvalue weighted by atomic mass is 16.2. The summed E-state index contributed by atoms with van der Waals surface area (Å²) >= 11 is 0. The maximum absolute atomic E-state index is 12.2. The van der Waals surface area contributed by atoms with Crippen molar-refractivity contribution in [2.24, 2.45) is 11.8 Å². The van der Waals surface area contributed by atoms with Crippen molar-refractivity contribution in [2.75, 3.05) is 25.1 Å². The lowest BCUT2D eigenvalue weighted by molar-refractivity contribution is -0.117. The van der Waals surface area contributed by atoms with Crippen molar-refractivity contribution in [1.82, 2.24) is 9.88 Å². The minimum atomic E-state index is -0.241. The van der Waals surface area contributed by atoms with E-state index in [0.29, 0.717) is 17.9 Å². The second kappa shape index (κ2) is 8.19. The average molecular weight is 387 g/mol. The SMILES string of the molecule is C=C/C=C(\C(=C/C)c1cc(N)c2cnc(NC(=O)[C@H]3CC3C#N)cc2c1)N(C)C. The number of hydrogen-bond donors (Lipinski definition) is 2. The predicted molar refractivity (Wildman–Crippen MR) is 118 cm³/mol. The van der Waals surface area contributed by atoms with E-state index in [2.05, 4.69) is 22.9 Å². The Morgan fingerprint density at radius 1 is 1.41 bits per heavy atom. The number of nitrogen functional groups attached to an aromatic ring is 1. The topological polar surface area (TPSA) is 95.0 Å². The number of likely N-dealkylation sites (N-methyl/N-ethyl adjacent to an activating group) is 1. The molecule has 0 spiro atoms. The van der Waals surface area contributed by atoms with Crippen LogP contribution in [0.25, 0.3) is 16.3 Å². The molecule has 2 aromatic rings. The van der Waals surface area contributed by atoms with Gasteiger partial charge >= 0.3 is 0 Å². The third-order valence-corrected chi connectivity index (χ3v) is 5.05. The number of carbonyl (C=O) groups excluding carboxylic acids is 1. The van der Waals surface area contributed by atoms with E-state index in [-0.39, 0.29) is 17.7 Å². The van der Waals surface area contributed by atoms with Crippen molar-refractivity contribution >= 4 is 33.8 Å². The van der Waals surface area contributed by atoms with Gasteiger partial charge in [-0.2, -0.15) is 5.26 Å². The largest absolute Gasteiger partial charge is 0.398 e. The molecule has 0 radical (unpaired) electrons. The molecule has 3 rings (SSSR count). The van der Waals surface area contributed by atoms with Crippen LogP contribution in [0.1, 0.15) is 18.9 Å². The zero-order valence-electron chi connectivity index (χ0n) is 16.9. The summed E-state index contributed by atoms with van der Waals surface area (Å²) in [4.78, 5) is 18.6. The van der Waals surface area contributed by atoms with Gasteiger partial charge in [-0.3, -0.25) is 4.79 Å². The smallest absolute Gasteiger partial charge is 0.230 e. The normalized spacial score (nSPS) is 18.8. The van der Waals surface area contributed by atoms with E-state index in [4.69, 9.17) is 11.0 Å². The molecule has 1 saturated carbocycles. The minimum absolute atomic E-state index is 0.162. The molecule has 2 atom stereocenters. The molecular formula is C23H25N5O. The number of fused-ring (bicyclic) bond motifs is 1. The van der Waals surface area contributed by atoms with Crippen LogP contribution in [0, 0.1) is 23.2 Å². The van der Waals surface area contributed by atoms with Crippen LogP contribution < -0.4 is 11.1 Å². The lowest BCUT2D eigenvalue weighted by Crippen LogP contribution is -2.15. The Balaban J connectivity index is 1.98. The second-order valence-corrected chi connectivity index (χ2v) is 7.31. The van der Waals surface area contributed by atoms with Gasteiger partial charge in [0.2, 0.25) is 5.91 Å². The van der Waals surface area contributed by atoms with Crippen LogP contribution in [0.2, 0.25) is 0 Å². The predicted octanol–water partition coefficient (Wildman–Crippen LogP) is 3.95. The Labute approximate surface area is 171 Å². The summed E-state index contributed by atoms with van der Waals surface area (Å²) in [6.45, 7) is 5.79. The molecule has 6 nitrogen and oxygen atoms in total. The van der Waals surface area contributed by atoms with Gasteiger partial charge in [-0.1, -0.05) is 18.7 Å². The number of anilines is 2. The summed E-state index contributed by atoms with van der Waals surface area (Å²) < 4.78 is 0. The minimum Gasteiger partial charge on any atom is -0.398 e. The monoisotopic (exact) mass is 387 g/mol. The number of allylic oxidation sites excluding steroid dienone is 4. The van der Waals surface area contributed by atoms with Crippen LogP contribution in [0.3, 0.4) is 0 Å². The molecule has 1 aromatic heterocycles. The Morgan fingerprint density at radius 3 is 2.76 bits per heavy atom. The van der Waals surface area contributed by atoms with Crippen molar-refractivity contribution in [2.45, 2.75) is 13.3 Å². The average Bonchev–Trinajstić information content (AvgIpc) is 3.47. The first-order chi connectivity index (χ1) is 13.9. The Bertz CT molecular complexity index is 1070. The Kier molecular flexibility index (Phi) is 5.69. The molecule has 1 aliphatic carbocycles. The molecule has 1 aromatic carbocycles. The zero-order chi connectivity index (χ0) is 21.1. The first-order valence-corrected chi connectivity index (χ1v) is 9.46. The molecule has 29 heavy (non-hydrogen) atoms. The summed E-state index contributed by atoms with van der Waals surface area (Å²) in [6, 6.07) is 7.91. The van der Waals surface area contributed by atoms with E-state index in [1.807, 2.05) is 56.3 Å². The van der Waals surface area contributed by atoms with Gasteiger partial charge in [-0.05, 0) is 48.6 Å². The molecule has 1 aliphatic rings. The molecule has 1 amide bonds. The first kappa shape index (κ1) is 20.2. The number of nitrogens with zero attached hydrogens (tertiary/aromatic N) is 3. The van der Waals surface area contributed by atoms with Crippen molar-refractivity contribution in [3.8, 4) is 6.07 Å². The van der Waals surface area contributed by atoms with Gasteiger partial charge in [0.05, 0.1) is 17.9 Å². The number of nitrogens with two attached hydrogens (primary N) is 1. The highest BCUT2D eigenvalue weighted by Gasteiger charge is 2.43. The number of aromatic nitrogens is 1. The van der Waals surface area contributed by atoms with Crippen LogP contribution >= 0.6 is 0 Å². The lowest BCUT2D eigenvalue weighted by Gasteiger charge is -2.21. The lowest BCUT2D eigenvalue weighted by atomic mass is 9.97. The van der Waals surface area contributed by atoms with E-state index >= 15 is 0 Å². The van der Waals surface area contributed by atoms with Crippen molar-refractivity contribution < 1.29 is 4.79 Å². The summed E-state index contributed by atoms with van der Waals surface area (Å²) in [7, 11) is 3.96. The molecule has 1 fully saturated rings. The maximum Gasteiger partial charge on any atom is 0.230 e. The molecule has 0 aliphatic heterocycles. The molecule has 0 saturated heterocycles. The third-order valence-electron chi connectivity index (χ3n) is 5.05. The number of nitriles is 1. The van der Waals surface area contributed by atoms with Crippen molar-refractivity contribution in [3.63, 3.8) is 0 Å². The van der Waals surface area contributed by atoms with Gasteiger partial charge in [0.15, 0.2) is 0 Å². The highest BCUT2D eigenvalue weighted by Crippen LogP contribution is 2.38. The number of nitrogens with one attached hydrogen (secondary N) is 1. The van der Waals surface area contributed by atoms with E-state index < -0.39 is 0 Å². The quantitative estimate of drug-likeness (QED) is 0.578. The molecule has 0 bridgehead atoms. The van der Waals surface area contributed by atoms with Gasteiger partial charge in [0.1, 0.15) is 5.82 Å². The van der Waals surface area contributed by atoms with Crippen LogP contribution in [-0.4, -0.2) is 29.9 Å². The number of carbonyl (C=O) groups is 1. The number of benzene rings is 1. The van der Waals surface area contributed by atoms with Gasteiger partial charge in [0, 0.05) is 42.6 Å². The second-order valence-electron chi connectivity index (χ2n) is 7.31. The van der Waals surface area contributed by atoms with Gasteiger partial charge in [0.25, 0.3) is 0 Å². The summed E-state index contributed by atoms with van der Waals surface area (Å²) in [5, 5.41) is 13.4. The third kappa shape index (κ3) is 4.14. The molecule has 6 heteroatoms. The standard InChI is InChI=1S/C23H25N5O/c1-5-7-21(28(3)4)17(6-2)14-8-15-11-22(26-13-19(15)20(25)10-14)27-23(29)18-9-16(18)12-24/h5-8,10-11,13,16,18H,1,9,25H2,2-4H3,(H,26,27,29)/b17-6-,21-7+/t16?,18-/m0/s1. The maximum atomic E-state index is 12.2. The van der Waals surface area contributed by atoms with E-state index in [0.717, 1.165) is 27.6 Å². The van der Waals surface area contributed by atoms with Crippen LogP contribution in [-0.2, 0) is 4.79 Å². The molecule has 1 heterocycles. The fourth-order valence-electron chi connectivity index (χ4n) is 3.41. The number of rotatable bonds is 6. The summed E-state index contributed by atoms with van der Waals surface area (Å²) in [5.41, 5.74) is 9.93. The van der Waals surface area contributed by atoms with E-state index in [1.54, 1.807) is 12.3 Å². The molecule has 3 N–H and O–H groups in total. The Morgan fingerprint density at radius 2 is 2.17 bits per heavy atom. The molecular weight excluding hydrogens is 362 g/mol. The van der Waals surface area contributed by atoms with Crippen molar-refractivity contribution in [3.05, 3.63) is 60.5 Å². The Hall–Kier alpha value is -3.59. The molecule has 1 unspecified atom stereocenters. The van der Waals surface area contributed by atoms with Crippen LogP contribution in [0.5, 0.6) is 0 Å². The number of amides is 1. The van der Waals surface area contributed by atoms with Crippen LogP contribution in [0.15, 0.2) is 54.9 Å². The highest BCUT2D eigenvalue weighted by molar-refractivity contribution is 6.00. The van der Waals surface area contributed by atoms with Gasteiger partial charge in [-0.15, -0.1) is 0 Å². The summed E-state index contributed by atoms with van der Waals surface area (Å²) in [5.74, 6) is -0.129. The van der Waals surface area contributed by atoms with E-state index in [9.17, 15) is 4.79 Å². The van der Waals surface area contributed by atoms with Crippen molar-refractivity contribution in [1.29, 1.82) is 5.26 Å². The summed E-state index contributed by atoms with van der Waals surface area (Å²) in [6.07, 6.45) is 8.03.